The Balaban J connectivity index is 2.18. The number of rotatable bonds is 8. The predicted molar refractivity (Wildman–Crippen MR) is 102 cm³/mol. The first-order valence-corrected chi connectivity index (χ1v) is 9.49. The fraction of sp³-hybridized carbons (Fsp3) is 0.650. The molecule has 1 heterocycles. The number of carboxylic acid groups (broad SMARTS) is 1. The maximum absolute atomic E-state index is 11.2. The minimum atomic E-state index is -1.74. The minimum absolute atomic E-state index is 0.294. The van der Waals surface area contributed by atoms with E-state index < -0.39 is 36.7 Å². The third-order valence-corrected chi connectivity index (χ3v) is 5.13. The van der Waals surface area contributed by atoms with Gasteiger partial charge in [-0.2, -0.15) is 0 Å². The fourth-order valence-corrected chi connectivity index (χ4v) is 3.77. The summed E-state index contributed by atoms with van der Waals surface area (Å²) in [5, 5.41) is 39.0. The summed E-state index contributed by atoms with van der Waals surface area (Å²) < 4.78 is 10.8. The van der Waals surface area contributed by atoms with Gasteiger partial charge in [0.05, 0.1) is 0 Å². The Labute approximate surface area is 165 Å². The van der Waals surface area contributed by atoms with Crippen molar-refractivity contribution in [2.75, 3.05) is 20.6 Å². The smallest absolute Gasteiger partial charge is 0.335 e. The summed E-state index contributed by atoms with van der Waals surface area (Å²) in [4.78, 5) is 13.4. The van der Waals surface area contributed by atoms with Crippen LogP contribution in [0.1, 0.15) is 31.7 Å². The highest BCUT2D eigenvalue weighted by atomic mass is 16.7. The van der Waals surface area contributed by atoms with Crippen molar-refractivity contribution < 1.29 is 34.7 Å². The quantitative estimate of drug-likeness (QED) is 0.505. The lowest BCUT2D eigenvalue weighted by atomic mass is 9.85. The molecule has 0 radical (unpaired) electrons. The zero-order valence-corrected chi connectivity index (χ0v) is 16.7. The van der Waals surface area contributed by atoms with Crippen LogP contribution in [0.4, 0.5) is 0 Å². The van der Waals surface area contributed by atoms with Gasteiger partial charge in [-0.15, -0.1) is 0 Å². The molecule has 0 spiro atoms. The van der Waals surface area contributed by atoms with E-state index in [1.54, 1.807) is 6.07 Å². The Bertz CT molecular complexity index is 653. The fourth-order valence-electron chi connectivity index (χ4n) is 3.77. The molecule has 1 aromatic carbocycles. The van der Waals surface area contributed by atoms with Gasteiger partial charge in [0, 0.05) is 6.54 Å². The van der Waals surface area contributed by atoms with Crippen molar-refractivity contribution in [2.24, 2.45) is 5.92 Å². The lowest BCUT2D eigenvalue weighted by Gasteiger charge is -2.38. The molecule has 0 saturated carbocycles. The average molecular weight is 397 g/mol. The Morgan fingerprint density at radius 3 is 2.46 bits per heavy atom. The Morgan fingerprint density at radius 1 is 1.21 bits per heavy atom. The van der Waals surface area contributed by atoms with E-state index in [-0.39, 0.29) is 0 Å². The van der Waals surface area contributed by atoms with E-state index in [0.717, 1.165) is 18.5 Å². The van der Waals surface area contributed by atoms with Gasteiger partial charge in [0.1, 0.15) is 24.1 Å². The van der Waals surface area contributed by atoms with Crippen LogP contribution in [-0.4, -0.2) is 82.6 Å². The van der Waals surface area contributed by atoms with Gasteiger partial charge in [-0.05, 0) is 50.0 Å². The molecule has 0 amide bonds. The first-order valence-electron chi connectivity index (χ1n) is 9.49. The van der Waals surface area contributed by atoms with E-state index in [0.29, 0.717) is 17.6 Å². The van der Waals surface area contributed by atoms with Crippen molar-refractivity contribution in [2.45, 2.75) is 56.9 Å². The van der Waals surface area contributed by atoms with Crippen molar-refractivity contribution in [3.05, 3.63) is 29.8 Å². The number of benzene rings is 1. The zero-order valence-electron chi connectivity index (χ0n) is 16.7. The number of aliphatic carboxylic acids is 1. The molecule has 8 nitrogen and oxygen atoms in total. The predicted octanol–water partition coefficient (Wildman–Crippen LogP) is 0.649. The summed E-state index contributed by atoms with van der Waals surface area (Å²) in [5.41, 5.74) is 1.06. The topological polar surface area (TPSA) is 120 Å². The normalized spacial score (nSPS) is 30.1. The van der Waals surface area contributed by atoms with Crippen LogP contribution in [0.2, 0.25) is 0 Å². The van der Waals surface area contributed by atoms with E-state index >= 15 is 0 Å². The van der Waals surface area contributed by atoms with E-state index in [1.807, 2.05) is 32.3 Å². The van der Waals surface area contributed by atoms with E-state index in [4.69, 9.17) is 14.6 Å². The van der Waals surface area contributed by atoms with Gasteiger partial charge in [-0.1, -0.05) is 26.0 Å². The molecular weight excluding hydrogens is 366 g/mol. The highest BCUT2D eigenvalue weighted by molar-refractivity contribution is 5.73. The van der Waals surface area contributed by atoms with Crippen LogP contribution in [0.25, 0.3) is 0 Å². The highest BCUT2D eigenvalue weighted by Crippen LogP contribution is 2.32. The zero-order chi connectivity index (χ0) is 21.0. The Morgan fingerprint density at radius 2 is 1.89 bits per heavy atom. The van der Waals surface area contributed by atoms with Gasteiger partial charge in [0.25, 0.3) is 0 Å². The molecule has 0 aromatic heterocycles. The molecule has 4 N–H and O–H groups in total. The average Bonchev–Trinajstić information content (AvgIpc) is 2.62. The number of carbonyl (C=O) groups is 1. The maximum Gasteiger partial charge on any atom is 0.335 e. The Kier molecular flexibility index (Phi) is 7.79. The Hall–Kier alpha value is -1.71. The second-order valence-electron chi connectivity index (χ2n) is 7.68. The lowest BCUT2D eigenvalue weighted by molar-refractivity contribution is -0.271. The van der Waals surface area contributed by atoms with E-state index in [9.17, 15) is 20.1 Å². The van der Waals surface area contributed by atoms with Crippen LogP contribution >= 0.6 is 0 Å². The van der Waals surface area contributed by atoms with Gasteiger partial charge in [-0.3, -0.25) is 0 Å². The van der Waals surface area contributed by atoms with Crippen molar-refractivity contribution in [1.29, 1.82) is 0 Å². The van der Waals surface area contributed by atoms with Gasteiger partial charge >= 0.3 is 5.97 Å². The van der Waals surface area contributed by atoms with Crippen LogP contribution in [-0.2, 0) is 9.53 Å². The number of ether oxygens (including phenoxy) is 2. The van der Waals surface area contributed by atoms with Crippen molar-refractivity contribution >= 4 is 5.97 Å². The van der Waals surface area contributed by atoms with Crippen molar-refractivity contribution in [3.63, 3.8) is 0 Å². The molecular formula is C20H31NO7. The van der Waals surface area contributed by atoms with Gasteiger partial charge in [-0.25, -0.2) is 4.79 Å². The summed E-state index contributed by atoms with van der Waals surface area (Å²) in [6.07, 6.45) is -7.16. The number of carboxylic acids is 1. The molecule has 1 aromatic rings. The number of nitrogens with zero attached hydrogens (tertiary/aromatic N) is 1. The molecule has 1 aliphatic rings. The molecule has 0 unspecified atom stereocenters. The summed E-state index contributed by atoms with van der Waals surface area (Å²) in [5.74, 6) is -0.350. The maximum atomic E-state index is 11.2. The molecule has 158 valence electrons. The molecule has 1 saturated heterocycles. The van der Waals surface area contributed by atoms with Crippen LogP contribution in [0, 0.1) is 5.92 Å². The minimum Gasteiger partial charge on any atom is -0.479 e. The van der Waals surface area contributed by atoms with Crippen LogP contribution in [0.5, 0.6) is 5.75 Å². The second kappa shape index (κ2) is 9.67. The standard InChI is InChI=1S/C20H31NO7/c1-5-14(11(2)10-21(3)4)12-7-6-8-13(9-12)27-20-17(24)15(22)16(23)18(28-20)19(25)26/h6-9,11,14-18,20,22-24H,5,10H2,1-4H3,(H,25,26)/t11-,14+,15-,16-,17+,18-,20+/m0/s1. The molecule has 28 heavy (non-hydrogen) atoms. The van der Waals surface area contributed by atoms with Crippen molar-refractivity contribution in [3.8, 4) is 5.75 Å². The first kappa shape index (κ1) is 22.6. The lowest BCUT2D eigenvalue weighted by Crippen LogP contribution is -2.61. The summed E-state index contributed by atoms with van der Waals surface area (Å²) in [6, 6.07) is 7.34. The molecule has 1 fully saturated rings. The SMILES string of the molecule is CC[C@@H](c1cccc(O[C@@H]2O[C@H](C(=O)O)[C@@H](O)[C@H](O)[C@H]2O)c1)[C@@H](C)CN(C)C. The molecule has 8 heteroatoms. The largest absolute Gasteiger partial charge is 0.479 e. The number of hydrogen-bond acceptors (Lipinski definition) is 7. The van der Waals surface area contributed by atoms with Gasteiger partial charge < -0.3 is 34.8 Å². The third kappa shape index (κ3) is 5.21. The molecule has 7 atom stereocenters. The number of aliphatic hydroxyl groups excluding tert-OH is 3. The molecule has 1 aliphatic heterocycles. The van der Waals surface area contributed by atoms with E-state index in [1.165, 1.54) is 0 Å². The van der Waals surface area contributed by atoms with Crippen LogP contribution in [0.3, 0.4) is 0 Å². The van der Waals surface area contributed by atoms with Crippen molar-refractivity contribution in [1.82, 2.24) is 4.90 Å². The highest BCUT2D eigenvalue weighted by Gasteiger charge is 2.48. The third-order valence-electron chi connectivity index (χ3n) is 5.13. The second-order valence-corrected chi connectivity index (χ2v) is 7.68. The monoisotopic (exact) mass is 397 g/mol. The summed E-state index contributed by atoms with van der Waals surface area (Å²) in [6.45, 7) is 5.23. The van der Waals surface area contributed by atoms with Gasteiger partial charge in [0.2, 0.25) is 6.29 Å². The number of aliphatic hydroxyl groups is 3. The van der Waals surface area contributed by atoms with Crippen LogP contribution in [0.15, 0.2) is 24.3 Å². The summed E-state index contributed by atoms with van der Waals surface area (Å²) in [7, 11) is 4.06. The molecule has 2 rings (SSSR count). The summed E-state index contributed by atoms with van der Waals surface area (Å²) >= 11 is 0. The molecule has 0 aliphatic carbocycles. The van der Waals surface area contributed by atoms with Crippen LogP contribution < -0.4 is 4.74 Å². The number of hydrogen-bond donors (Lipinski definition) is 4. The van der Waals surface area contributed by atoms with Gasteiger partial charge in [0.15, 0.2) is 6.10 Å². The first-order chi connectivity index (χ1) is 13.1. The van der Waals surface area contributed by atoms with E-state index in [2.05, 4.69) is 18.7 Å². The molecule has 0 bridgehead atoms.